The van der Waals surface area contributed by atoms with E-state index in [1.165, 1.54) is 24.9 Å². The van der Waals surface area contributed by atoms with Crippen molar-refractivity contribution in [3.63, 3.8) is 0 Å². The number of rotatable bonds is 2. The van der Waals surface area contributed by atoms with E-state index in [1.807, 2.05) is 24.3 Å². The summed E-state index contributed by atoms with van der Waals surface area (Å²) in [5.74, 6) is 0.885. The molecule has 2 nitrogen and oxygen atoms in total. The molecule has 1 aliphatic heterocycles. The Labute approximate surface area is 119 Å². The van der Waals surface area contributed by atoms with Crippen LogP contribution in [0.15, 0.2) is 41.0 Å². The third kappa shape index (κ3) is 2.50. The summed E-state index contributed by atoms with van der Waals surface area (Å²) in [6.45, 7) is 3.40. The molecule has 2 heterocycles. The second-order valence-corrected chi connectivity index (χ2v) is 5.61. The molecule has 0 saturated carbocycles. The summed E-state index contributed by atoms with van der Waals surface area (Å²) in [6, 6.07) is 10.6. The van der Waals surface area contributed by atoms with Gasteiger partial charge in [0.25, 0.3) is 0 Å². The molecule has 1 fully saturated rings. The van der Waals surface area contributed by atoms with Crippen LogP contribution in [0, 0.1) is 0 Å². The maximum atomic E-state index is 6.15. The van der Waals surface area contributed by atoms with Gasteiger partial charge in [0.05, 0.1) is 6.26 Å². The molecular weight excluding hydrogens is 258 g/mol. The molecule has 19 heavy (non-hydrogen) atoms. The molecule has 1 aliphatic rings. The lowest BCUT2D eigenvalue weighted by atomic mass is 10.0. The van der Waals surface area contributed by atoms with Crippen LogP contribution < -0.4 is 4.90 Å². The fraction of sp³-hybridized carbons (Fsp3) is 0.375. The minimum absolute atomic E-state index is 0.573. The zero-order chi connectivity index (χ0) is 13.2. The van der Waals surface area contributed by atoms with E-state index < -0.39 is 0 Å². The van der Waals surface area contributed by atoms with E-state index >= 15 is 0 Å². The van der Waals surface area contributed by atoms with Crippen molar-refractivity contribution >= 4 is 17.3 Å². The number of nitrogens with zero attached hydrogens (tertiary/aromatic N) is 1. The summed E-state index contributed by atoms with van der Waals surface area (Å²) >= 11 is 6.15. The fourth-order valence-corrected chi connectivity index (χ4v) is 3.02. The predicted molar refractivity (Wildman–Crippen MR) is 79.8 cm³/mol. The molecule has 0 bridgehead atoms. The van der Waals surface area contributed by atoms with Crippen LogP contribution in [0.25, 0.3) is 11.3 Å². The summed E-state index contributed by atoms with van der Waals surface area (Å²) in [6.07, 6.45) is 5.53. The van der Waals surface area contributed by atoms with Crippen LogP contribution in [0.2, 0.25) is 5.02 Å². The van der Waals surface area contributed by atoms with Gasteiger partial charge >= 0.3 is 0 Å². The van der Waals surface area contributed by atoms with E-state index in [4.69, 9.17) is 16.0 Å². The van der Waals surface area contributed by atoms with Gasteiger partial charge in [0, 0.05) is 28.9 Å². The van der Waals surface area contributed by atoms with Gasteiger partial charge in [0.1, 0.15) is 5.76 Å². The molecule has 0 N–H and O–H groups in total. The largest absolute Gasteiger partial charge is 0.464 e. The first-order chi connectivity index (χ1) is 9.25. The Kier molecular flexibility index (Phi) is 3.52. The Balaban J connectivity index is 2.05. The summed E-state index contributed by atoms with van der Waals surface area (Å²) in [4.78, 5) is 2.47. The van der Waals surface area contributed by atoms with Gasteiger partial charge in [-0.3, -0.25) is 0 Å². The lowest BCUT2D eigenvalue weighted by Gasteiger charge is -2.36. The van der Waals surface area contributed by atoms with Crippen molar-refractivity contribution in [3.05, 3.63) is 41.6 Å². The molecule has 1 unspecified atom stereocenters. The first-order valence-corrected chi connectivity index (χ1v) is 7.23. The van der Waals surface area contributed by atoms with Gasteiger partial charge < -0.3 is 9.32 Å². The van der Waals surface area contributed by atoms with Crippen molar-refractivity contribution in [1.82, 2.24) is 0 Å². The van der Waals surface area contributed by atoms with Gasteiger partial charge in [-0.15, -0.1) is 0 Å². The quantitative estimate of drug-likeness (QED) is 0.769. The molecule has 0 radical (unpaired) electrons. The van der Waals surface area contributed by atoms with Crippen molar-refractivity contribution in [3.8, 4) is 11.3 Å². The van der Waals surface area contributed by atoms with E-state index in [-0.39, 0.29) is 0 Å². The van der Waals surface area contributed by atoms with Crippen LogP contribution in [0.5, 0.6) is 0 Å². The first kappa shape index (κ1) is 12.6. The molecular formula is C16H18ClNO. The third-order valence-electron chi connectivity index (χ3n) is 3.86. The maximum absolute atomic E-state index is 6.15. The van der Waals surface area contributed by atoms with Crippen molar-refractivity contribution in [1.29, 1.82) is 0 Å². The maximum Gasteiger partial charge on any atom is 0.135 e. The van der Waals surface area contributed by atoms with Crippen molar-refractivity contribution < 1.29 is 4.42 Å². The van der Waals surface area contributed by atoms with Crippen LogP contribution in [-0.2, 0) is 0 Å². The monoisotopic (exact) mass is 275 g/mol. The second-order valence-electron chi connectivity index (χ2n) is 5.18. The van der Waals surface area contributed by atoms with Crippen molar-refractivity contribution in [2.24, 2.45) is 0 Å². The number of furan rings is 1. The normalized spacial score (nSPS) is 19.7. The third-order valence-corrected chi connectivity index (χ3v) is 4.09. The number of anilines is 1. The Morgan fingerprint density at radius 2 is 2.16 bits per heavy atom. The molecule has 3 heteroatoms. The number of hydrogen-bond donors (Lipinski definition) is 0. The highest BCUT2D eigenvalue weighted by molar-refractivity contribution is 6.31. The van der Waals surface area contributed by atoms with Gasteiger partial charge in [0.2, 0.25) is 0 Å². The molecule has 0 spiro atoms. The van der Waals surface area contributed by atoms with Crippen LogP contribution in [0.1, 0.15) is 26.2 Å². The first-order valence-electron chi connectivity index (χ1n) is 6.86. The lowest BCUT2D eigenvalue weighted by molar-refractivity contribution is 0.484. The minimum atomic E-state index is 0.573. The minimum Gasteiger partial charge on any atom is -0.464 e. The smallest absolute Gasteiger partial charge is 0.135 e. The zero-order valence-corrected chi connectivity index (χ0v) is 11.9. The standard InChI is InChI=1S/C16H18ClNO/c1-12-5-2-3-9-18(12)15-8-7-13(17)11-14(15)16-6-4-10-19-16/h4,6-8,10-12H,2-3,5,9H2,1H3. The molecule has 0 amide bonds. The summed E-state index contributed by atoms with van der Waals surface area (Å²) in [5.41, 5.74) is 2.32. The van der Waals surface area contributed by atoms with Crippen LogP contribution in [0.3, 0.4) is 0 Å². The summed E-state index contributed by atoms with van der Waals surface area (Å²) < 4.78 is 5.56. The van der Waals surface area contributed by atoms with Gasteiger partial charge in [-0.2, -0.15) is 0 Å². The lowest BCUT2D eigenvalue weighted by Crippen LogP contribution is -2.37. The van der Waals surface area contributed by atoms with E-state index in [2.05, 4.69) is 17.9 Å². The summed E-state index contributed by atoms with van der Waals surface area (Å²) in [5, 5.41) is 0.750. The molecule has 1 aromatic carbocycles. The topological polar surface area (TPSA) is 16.4 Å². The van der Waals surface area contributed by atoms with Gasteiger partial charge in [-0.05, 0) is 56.5 Å². The van der Waals surface area contributed by atoms with Crippen LogP contribution >= 0.6 is 11.6 Å². The van der Waals surface area contributed by atoms with Crippen molar-refractivity contribution in [2.75, 3.05) is 11.4 Å². The molecule has 0 aliphatic carbocycles. The van der Waals surface area contributed by atoms with Crippen molar-refractivity contribution in [2.45, 2.75) is 32.2 Å². The van der Waals surface area contributed by atoms with E-state index in [1.54, 1.807) is 6.26 Å². The van der Waals surface area contributed by atoms with Gasteiger partial charge in [-0.25, -0.2) is 0 Å². The Morgan fingerprint density at radius 1 is 1.26 bits per heavy atom. The Morgan fingerprint density at radius 3 is 2.89 bits per heavy atom. The molecule has 2 aromatic rings. The second kappa shape index (κ2) is 5.30. The molecule has 1 saturated heterocycles. The average Bonchev–Trinajstić information content (AvgIpc) is 2.93. The number of hydrogen-bond acceptors (Lipinski definition) is 2. The molecule has 1 aromatic heterocycles. The SMILES string of the molecule is CC1CCCCN1c1ccc(Cl)cc1-c1ccco1. The Bertz CT molecular complexity index is 550. The highest BCUT2D eigenvalue weighted by Gasteiger charge is 2.22. The van der Waals surface area contributed by atoms with Gasteiger partial charge in [0.15, 0.2) is 0 Å². The van der Waals surface area contributed by atoms with E-state index in [0.717, 1.165) is 22.9 Å². The molecule has 3 rings (SSSR count). The highest BCUT2D eigenvalue weighted by Crippen LogP contribution is 2.36. The Hall–Kier alpha value is -1.41. The van der Waals surface area contributed by atoms with Crippen LogP contribution in [-0.4, -0.2) is 12.6 Å². The van der Waals surface area contributed by atoms with Gasteiger partial charge in [-0.1, -0.05) is 11.6 Å². The zero-order valence-electron chi connectivity index (χ0n) is 11.1. The fourth-order valence-electron chi connectivity index (χ4n) is 2.84. The molecule has 100 valence electrons. The number of benzene rings is 1. The number of piperidine rings is 1. The average molecular weight is 276 g/mol. The predicted octanol–water partition coefficient (Wildman–Crippen LogP) is 4.98. The molecule has 1 atom stereocenters. The van der Waals surface area contributed by atoms with E-state index in [9.17, 15) is 0 Å². The number of halogens is 1. The summed E-state index contributed by atoms with van der Waals surface area (Å²) in [7, 11) is 0. The highest BCUT2D eigenvalue weighted by atomic mass is 35.5. The van der Waals surface area contributed by atoms with E-state index in [0.29, 0.717) is 6.04 Å². The van der Waals surface area contributed by atoms with Crippen LogP contribution in [0.4, 0.5) is 5.69 Å².